The Hall–Kier alpha value is -3.42. The van der Waals surface area contributed by atoms with E-state index in [1.54, 1.807) is 13.1 Å². The van der Waals surface area contributed by atoms with Crippen LogP contribution in [-0.4, -0.2) is 52.2 Å². The summed E-state index contributed by atoms with van der Waals surface area (Å²) in [6.45, 7) is 8.61. The fourth-order valence-electron chi connectivity index (χ4n) is 3.28. The Morgan fingerprint density at radius 1 is 1.03 bits per heavy atom. The molecule has 150 valence electrons. The predicted octanol–water partition coefficient (Wildman–Crippen LogP) is 3.41. The Kier molecular flexibility index (Phi) is 5.16. The molecule has 4 rings (SSSR count). The van der Waals surface area contributed by atoms with E-state index in [0.29, 0.717) is 24.8 Å². The number of amides is 2. The molecule has 0 atom stereocenters. The lowest BCUT2D eigenvalue weighted by Crippen LogP contribution is -2.50. The lowest BCUT2D eigenvalue weighted by molar-refractivity contribution is 0.208. The van der Waals surface area contributed by atoms with E-state index in [9.17, 15) is 4.79 Å². The molecule has 0 aliphatic carbocycles. The number of pyridine rings is 1. The smallest absolute Gasteiger partial charge is 0.321 e. The fraction of sp³-hybridized carbons (Fsp3) is 0.333. The summed E-state index contributed by atoms with van der Waals surface area (Å²) in [7, 11) is 0. The summed E-state index contributed by atoms with van der Waals surface area (Å²) in [6.07, 6.45) is 1.75. The van der Waals surface area contributed by atoms with E-state index in [4.69, 9.17) is 4.52 Å². The Labute approximate surface area is 169 Å². The summed E-state index contributed by atoms with van der Waals surface area (Å²) >= 11 is 0. The van der Waals surface area contributed by atoms with Gasteiger partial charge in [-0.15, -0.1) is 0 Å². The Morgan fingerprint density at radius 2 is 1.83 bits per heavy atom. The molecule has 0 saturated carbocycles. The number of urea groups is 1. The Bertz CT molecular complexity index is 1010. The van der Waals surface area contributed by atoms with E-state index in [1.165, 1.54) is 5.56 Å². The topological polar surface area (TPSA) is 87.4 Å². The standard InChI is InChI=1S/C21H24N6O2/c1-14-4-6-18(12-15(14)2)24-21(28)27-10-8-26(9-11-27)19-7-5-17(13-22-19)20-23-16(3)29-25-20/h4-7,12-13H,8-11H2,1-3H3,(H,24,28). The average molecular weight is 392 g/mol. The zero-order chi connectivity index (χ0) is 20.4. The molecule has 0 unspecified atom stereocenters. The van der Waals surface area contributed by atoms with Crippen molar-refractivity contribution < 1.29 is 9.32 Å². The summed E-state index contributed by atoms with van der Waals surface area (Å²) in [4.78, 5) is 25.3. The molecule has 8 heteroatoms. The quantitative estimate of drug-likeness (QED) is 0.735. The minimum atomic E-state index is -0.0660. The first-order valence-corrected chi connectivity index (χ1v) is 9.64. The third kappa shape index (κ3) is 4.21. The summed E-state index contributed by atoms with van der Waals surface area (Å²) in [5.74, 6) is 1.94. The molecule has 8 nitrogen and oxygen atoms in total. The fourth-order valence-corrected chi connectivity index (χ4v) is 3.28. The van der Waals surface area contributed by atoms with Gasteiger partial charge in [0.2, 0.25) is 11.7 Å². The second-order valence-corrected chi connectivity index (χ2v) is 7.25. The molecular formula is C21H24N6O2. The summed E-state index contributed by atoms with van der Waals surface area (Å²) in [5, 5.41) is 6.90. The van der Waals surface area contributed by atoms with Gasteiger partial charge in [0.15, 0.2) is 0 Å². The van der Waals surface area contributed by atoms with Crippen molar-refractivity contribution in [2.75, 3.05) is 36.4 Å². The number of hydrogen-bond acceptors (Lipinski definition) is 6. The average Bonchev–Trinajstić information content (AvgIpc) is 3.17. The number of carbonyl (C=O) groups excluding carboxylic acids is 1. The highest BCUT2D eigenvalue weighted by Gasteiger charge is 2.22. The van der Waals surface area contributed by atoms with Crippen molar-refractivity contribution >= 4 is 17.5 Å². The number of benzene rings is 1. The van der Waals surface area contributed by atoms with Gasteiger partial charge in [-0.25, -0.2) is 9.78 Å². The molecule has 1 N–H and O–H groups in total. The van der Waals surface area contributed by atoms with Gasteiger partial charge in [0.25, 0.3) is 0 Å². The molecule has 1 aliphatic heterocycles. The van der Waals surface area contributed by atoms with Gasteiger partial charge in [-0.3, -0.25) is 0 Å². The maximum Gasteiger partial charge on any atom is 0.321 e. The SMILES string of the molecule is Cc1nc(-c2ccc(N3CCN(C(=O)Nc4ccc(C)c(C)c4)CC3)nc2)no1. The molecule has 3 heterocycles. The highest BCUT2D eigenvalue weighted by Crippen LogP contribution is 2.20. The second kappa shape index (κ2) is 7.90. The van der Waals surface area contributed by atoms with Crippen molar-refractivity contribution in [3.05, 3.63) is 53.5 Å². The van der Waals surface area contributed by atoms with Gasteiger partial charge in [-0.05, 0) is 49.2 Å². The van der Waals surface area contributed by atoms with Crippen molar-refractivity contribution in [1.29, 1.82) is 0 Å². The van der Waals surface area contributed by atoms with E-state index in [2.05, 4.69) is 32.3 Å². The van der Waals surface area contributed by atoms with Crippen LogP contribution in [0.5, 0.6) is 0 Å². The number of nitrogens with zero attached hydrogens (tertiary/aromatic N) is 5. The Balaban J connectivity index is 1.34. The molecule has 1 aromatic carbocycles. The van der Waals surface area contributed by atoms with Crippen LogP contribution in [0, 0.1) is 20.8 Å². The maximum absolute atomic E-state index is 12.6. The predicted molar refractivity (Wildman–Crippen MR) is 111 cm³/mol. The van der Waals surface area contributed by atoms with Crippen LogP contribution in [0.1, 0.15) is 17.0 Å². The van der Waals surface area contributed by atoms with Gasteiger partial charge < -0.3 is 19.6 Å². The zero-order valence-corrected chi connectivity index (χ0v) is 16.8. The van der Waals surface area contributed by atoms with E-state index in [1.807, 2.05) is 42.2 Å². The molecule has 0 radical (unpaired) electrons. The lowest BCUT2D eigenvalue weighted by atomic mass is 10.1. The van der Waals surface area contributed by atoms with E-state index >= 15 is 0 Å². The number of aromatic nitrogens is 3. The van der Waals surface area contributed by atoms with Crippen molar-refractivity contribution in [1.82, 2.24) is 20.0 Å². The number of anilines is 2. The van der Waals surface area contributed by atoms with Crippen molar-refractivity contribution in [2.45, 2.75) is 20.8 Å². The van der Waals surface area contributed by atoms with Crippen molar-refractivity contribution in [2.24, 2.45) is 0 Å². The van der Waals surface area contributed by atoms with Crippen LogP contribution in [0.3, 0.4) is 0 Å². The van der Waals surface area contributed by atoms with E-state index in [0.717, 1.165) is 35.7 Å². The molecule has 29 heavy (non-hydrogen) atoms. The first kappa shape index (κ1) is 18.9. The normalized spacial score (nSPS) is 14.2. The van der Waals surface area contributed by atoms with Gasteiger partial charge in [-0.2, -0.15) is 4.98 Å². The number of nitrogens with one attached hydrogen (secondary N) is 1. The van der Waals surface area contributed by atoms with Gasteiger partial charge >= 0.3 is 6.03 Å². The number of piperazine rings is 1. The maximum atomic E-state index is 12.6. The number of carbonyl (C=O) groups is 1. The number of aryl methyl sites for hydroxylation is 3. The third-order valence-corrected chi connectivity index (χ3v) is 5.18. The largest absolute Gasteiger partial charge is 0.353 e. The minimum absolute atomic E-state index is 0.0660. The second-order valence-electron chi connectivity index (χ2n) is 7.25. The zero-order valence-electron chi connectivity index (χ0n) is 16.8. The van der Waals surface area contributed by atoms with E-state index in [-0.39, 0.29) is 6.03 Å². The number of hydrogen-bond donors (Lipinski definition) is 1. The van der Waals surface area contributed by atoms with Crippen molar-refractivity contribution in [3.8, 4) is 11.4 Å². The molecule has 0 spiro atoms. The lowest BCUT2D eigenvalue weighted by Gasteiger charge is -2.35. The monoisotopic (exact) mass is 392 g/mol. The van der Waals surface area contributed by atoms with Gasteiger partial charge in [-0.1, -0.05) is 11.2 Å². The summed E-state index contributed by atoms with van der Waals surface area (Å²) in [5.41, 5.74) is 4.02. The van der Waals surface area contributed by atoms with Crippen LogP contribution in [-0.2, 0) is 0 Å². The highest BCUT2D eigenvalue weighted by molar-refractivity contribution is 5.89. The molecule has 0 bridgehead atoms. The molecule has 2 aromatic heterocycles. The molecular weight excluding hydrogens is 368 g/mol. The molecule has 2 amide bonds. The summed E-state index contributed by atoms with van der Waals surface area (Å²) < 4.78 is 5.01. The minimum Gasteiger partial charge on any atom is -0.353 e. The van der Waals surface area contributed by atoms with Gasteiger partial charge in [0.05, 0.1) is 0 Å². The van der Waals surface area contributed by atoms with Crippen LogP contribution in [0.25, 0.3) is 11.4 Å². The first-order chi connectivity index (χ1) is 14.0. The highest BCUT2D eigenvalue weighted by atomic mass is 16.5. The van der Waals surface area contributed by atoms with Crippen LogP contribution < -0.4 is 10.2 Å². The third-order valence-electron chi connectivity index (χ3n) is 5.18. The van der Waals surface area contributed by atoms with Crippen LogP contribution in [0.4, 0.5) is 16.3 Å². The molecule has 1 aliphatic rings. The molecule has 3 aromatic rings. The van der Waals surface area contributed by atoms with Crippen molar-refractivity contribution in [3.63, 3.8) is 0 Å². The van der Waals surface area contributed by atoms with Gasteiger partial charge in [0, 0.05) is 50.6 Å². The molecule has 1 fully saturated rings. The number of rotatable bonds is 3. The van der Waals surface area contributed by atoms with E-state index < -0.39 is 0 Å². The first-order valence-electron chi connectivity index (χ1n) is 9.64. The van der Waals surface area contributed by atoms with Crippen LogP contribution >= 0.6 is 0 Å². The Morgan fingerprint density at radius 3 is 2.45 bits per heavy atom. The van der Waals surface area contributed by atoms with Crippen LogP contribution in [0.15, 0.2) is 41.1 Å². The molecule has 1 saturated heterocycles. The summed E-state index contributed by atoms with van der Waals surface area (Å²) in [6, 6.07) is 9.78. The van der Waals surface area contributed by atoms with Crippen LogP contribution in [0.2, 0.25) is 0 Å². The van der Waals surface area contributed by atoms with Gasteiger partial charge in [0.1, 0.15) is 5.82 Å².